The van der Waals surface area contributed by atoms with E-state index in [0.29, 0.717) is 6.61 Å². The maximum absolute atomic E-state index is 11.5. The minimum atomic E-state index is -0.130. The molecular formula is C13H25NO2. The molecule has 0 unspecified atom stereocenters. The molecule has 1 aliphatic rings. The van der Waals surface area contributed by atoms with Crippen LogP contribution in [0.2, 0.25) is 0 Å². The molecule has 0 aromatic heterocycles. The number of carbonyl (C=O) groups is 1. The van der Waals surface area contributed by atoms with Gasteiger partial charge in [0.15, 0.2) is 0 Å². The van der Waals surface area contributed by atoms with E-state index in [2.05, 4.69) is 6.92 Å². The second-order valence-corrected chi connectivity index (χ2v) is 4.63. The molecule has 0 N–H and O–H groups in total. The second-order valence-electron chi connectivity index (χ2n) is 4.63. The molecule has 16 heavy (non-hydrogen) atoms. The largest absolute Gasteiger partial charge is 0.450 e. The van der Waals surface area contributed by atoms with Crippen molar-refractivity contribution in [3.05, 3.63) is 0 Å². The van der Waals surface area contributed by atoms with E-state index in [1.165, 1.54) is 25.7 Å². The van der Waals surface area contributed by atoms with Crippen molar-refractivity contribution in [1.82, 2.24) is 4.90 Å². The van der Waals surface area contributed by atoms with Gasteiger partial charge in [-0.15, -0.1) is 0 Å². The van der Waals surface area contributed by atoms with Crippen molar-refractivity contribution in [2.24, 2.45) is 5.92 Å². The van der Waals surface area contributed by atoms with Crippen LogP contribution in [0.15, 0.2) is 0 Å². The molecule has 0 spiro atoms. The molecule has 0 bridgehead atoms. The summed E-state index contributed by atoms with van der Waals surface area (Å²) in [6.07, 6.45) is 7.50. The van der Waals surface area contributed by atoms with E-state index in [4.69, 9.17) is 4.74 Å². The van der Waals surface area contributed by atoms with Crippen LogP contribution in [0.25, 0.3) is 0 Å². The van der Waals surface area contributed by atoms with Crippen LogP contribution >= 0.6 is 0 Å². The lowest BCUT2D eigenvalue weighted by Gasteiger charge is -2.31. The van der Waals surface area contributed by atoms with E-state index in [9.17, 15) is 4.79 Å². The van der Waals surface area contributed by atoms with Crippen molar-refractivity contribution in [3.63, 3.8) is 0 Å². The summed E-state index contributed by atoms with van der Waals surface area (Å²) in [6.45, 7) is 6.35. The number of hydrogen-bond acceptors (Lipinski definition) is 2. The Morgan fingerprint density at radius 3 is 2.50 bits per heavy atom. The number of piperidine rings is 1. The summed E-state index contributed by atoms with van der Waals surface area (Å²) in [7, 11) is 0. The number of nitrogens with zero attached hydrogens (tertiary/aromatic N) is 1. The zero-order chi connectivity index (χ0) is 11.8. The van der Waals surface area contributed by atoms with Crippen LogP contribution in [0, 0.1) is 5.92 Å². The smallest absolute Gasteiger partial charge is 0.409 e. The lowest BCUT2D eigenvalue weighted by atomic mass is 9.91. The number of hydrogen-bond donors (Lipinski definition) is 0. The summed E-state index contributed by atoms with van der Waals surface area (Å²) in [4.78, 5) is 13.3. The van der Waals surface area contributed by atoms with Crippen molar-refractivity contribution in [3.8, 4) is 0 Å². The number of likely N-dealkylation sites (tertiary alicyclic amines) is 1. The summed E-state index contributed by atoms with van der Waals surface area (Å²) in [5.41, 5.74) is 0. The van der Waals surface area contributed by atoms with Crippen LogP contribution in [0.1, 0.15) is 52.4 Å². The number of rotatable bonds is 5. The summed E-state index contributed by atoms with van der Waals surface area (Å²) in [6, 6.07) is 0. The lowest BCUT2D eigenvalue weighted by Crippen LogP contribution is -2.38. The molecule has 0 aliphatic carbocycles. The van der Waals surface area contributed by atoms with Crippen molar-refractivity contribution < 1.29 is 9.53 Å². The molecule has 3 nitrogen and oxygen atoms in total. The molecule has 1 saturated heterocycles. The van der Waals surface area contributed by atoms with Crippen molar-refractivity contribution in [2.75, 3.05) is 19.7 Å². The summed E-state index contributed by atoms with van der Waals surface area (Å²) >= 11 is 0. The minimum Gasteiger partial charge on any atom is -0.450 e. The Labute approximate surface area is 99.1 Å². The average Bonchev–Trinajstić information content (AvgIpc) is 2.30. The van der Waals surface area contributed by atoms with E-state index >= 15 is 0 Å². The van der Waals surface area contributed by atoms with Gasteiger partial charge >= 0.3 is 6.09 Å². The first kappa shape index (κ1) is 13.3. The number of ether oxygens (including phenoxy) is 1. The Balaban J connectivity index is 2.15. The molecule has 1 amide bonds. The van der Waals surface area contributed by atoms with Gasteiger partial charge in [0, 0.05) is 13.1 Å². The fourth-order valence-electron chi connectivity index (χ4n) is 2.30. The molecule has 3 heteroatoms. The van der Waals surface area contributed by atoms with Crippen LogP contribution in [-0.4, -0.2) is 30.7 Å². The third-order valence-corrected chi connectivity index (χ3v) is 3.36. The van der Waals surface area contributed by atoms with Gasteiger partial charge in [0.2, 0.25) is 0 Å². The van der Waals surface area contributed by atoms with Gasteiger partial charge in [0.05, 0.1) is 6.61 Å². The highest BCUT2D eigenvalue weighted by atomic mass is 16.6. The molecule has 94 valence electrons. The minimum absolute atomic E-state index is 0.130. The zero-order valence-electron chi connectivity index (χ0n) is 10.7. The molecule has 0 saturated carbocycles. The highest BCUT2D eigenvalue weighted by Crippen LogP contribution is 2.23. The topological polar surface area (TPSA) is 29.5 Å². The van der Waals surface area contributed by atoms with Gasteiger partial charge in [0.25, 0.3) is 0 Å². The standard InChI is InChI=1S/C13H25NO2/c1-3-5-6-7-12-8-10-14(11-9-12)13(15)16-4-2/h12H,3-11H2,1-2H3. The molecular weight excluding hydrogens is 202 g/mol. The molecule has 0 aromatic rings. The fraction of sp³-hybridized carbons (Fsp3) is 0.923. The van der Waals surface area contributed by atoms with Gasteiger partial charge in [-0.25, -0.2) is 4.79 Å². The van der Waals surface area contributed by atoms with Crippen molar-refractivity contribution in [1.29, 1.82) is 0 Å². The SMILES string of the molecule is CCCCCC1CCN(C(=O)OCC)CC1. The maximum Gasteiger partial charge on any atom is 0.409 e. The predicted octanol–water partition coefficient (Wildman–Crippen LogP) is 3.44. The Kier molecular flexibility index (Phi) is 6.27. The van der Waals surface area contributed by atoms with Crippen LogP contribution in [0.4, 0.5) is 4.79 Å². The zero-order valence-corrected chi connectivity index (χ0v) is 10.7. The number of unbranched alkanes of at least 4 members (excludes halogenated alkanes) is 2. The predicted molar refractivity (Wildman–Crippen MR) is 65.5 cm³/mol. The van der Waals surface area contributed by atoms with Gasteiger partial charge in [-0.1, -0.05) is 32.6 Å². The second kappa shape index (κ2) is 7.53. The molecule has 1 heterocycles. The van der Waals surface area contributed by atoms with Crippen LogP contribution in [0.5, 0.6) is 0 Å². The highest BCUT2D eigenvalue weighted by Gasteiger charge is 2.22. The van der Waals surface area contributed by atoms with Gasteiger partial charge in [-0.05, 0) is 25.7 Å². The average molecular weight is 227 g/mol. The van der Waals surface area contributed by atoms with E-state index in [1.807, 2.05) is 11.8 Å². The molecule has 0 atom stereocenters. The molecule has 0 aromatic carbocycles. The van der Waals surface area contributed by atoms with Crippen LogP contribution in [-0.2, 0) is 4.74 Å². The van der Waals surface area contributed by atoms with Crippen molar-refractivity contribution in [2.45, 2.75) is 52.4 Å². The first-order chi connectivity index (χ1) is 7.77. The van der Waals surface area contributed by atoms with Crippen LogP contribution in [0.3, 0.4) is 0 Å². The Morgan fingerprint density at radius 2 is 1.94 bits per heavy atom. The van der Waals surface area contributed by atoms with Crippen molar-refractivity contribution >= 4 is 6.09 Å². The fourth-order valence-corrected chi connectivity index (χ4v) is 2.30. The molecule has 1 aliphatic heterocycles. The molecule has 1 rings (SSSR count). The lowest BCUT2D eigenvalue weighted by molar-refractivity contribution is 0.0906. The maximum atomic E-state index is 11.5. The number of amides is 1. The third kappa shape index (κ3) is 4.42. The van der Waals surface area contributed by atoms with E-state index < -0.39 is 0 Å². The van der Waals surface area contributed by atoms with E-state index in [0.717, 1.165) is 31.8 Å². The van der Waals surface area contributed by atoms with Crippen LogP contribution < -0.4 is 0 Å². The molecule has 0 radical (unpaired) electrons. The first-order valence-corrected chi connectivity index (χ1v) is 6.69. The first-order valence-electron chi connectivity index (χ1n) is 6.69. The third-order valence-electron chi connectivity index (χ3n) is 3.36. The van der Waals surface area contributed by atoms with Gasteiger partial charge in [-0.3, -0.25) is 0 Å². The Hall–Kier alpha value is -0.730. The van der Waals surface area contributed by atoms with Gasteiger partial charge < -0.3 is 9.64 Å². The quantitative estimate of drug-likeness (QED) is 0.673. The number of carbonyl (C=O) groups excluding carboxylic acids is 1. The normalized spacial score (nSPS) is 17.5. The highest BCUT2D eigenvalue weighted by molar-refractivity contribution is 5.67. The summed E-state index contributed by atoms with van der Waals surface area (Å²) in [5, 5.41) is 0. The Morgan fingerprint density at radius 1 is 1.25 bits per heavy atom. The Bertz CT molecular complexity index is 198. The molecule has 1 fully saturated rings. The summed E-state index contributed by atoms with van der Waals surface area (Å²) in [5.74, 6) is 0.831. The van der Waals surface area contributed by atoms with Gasteiger partial charge in [0.1, 0.15) is 0 Å². The van der Waals surface area contributed by atoms with E-state index in [-0.39, 0.29) is 6.09 Å². The summed E-state index contributed by atoms with van der Waals surface area (Å²) < 4.78 is 5.00. The van der Waals surface area contributed by atoms with Gasteiger partial charge in [-0.2, -0.15) is 0 Å². The van der Waals surface area contributed by atoms with E-state index in [1.54, 1.807) is 0 Å². The monoisotopic (exact) mass is 227 g/mol.